The Bertz CT molecular complexity index is 484. The first-order valence-electron chi connectivity index (χ1n) is 6.12. The van der Waals surface area contributed by atoms with Crippen molar-refractivity contribution in [2.75, 3.05) is 5.32 Å². The Kier molecular flexibility index (Phi) is 3.12. The van der Waals surface area contributed by atoms with E-state index in [1.54, 1.807) is 6.07 Å². The standard InChI is InChI=1S/C13H14Cl2N2O/c14-9-4-10(15)6-11(5-9)16-12-7-1-2-8(3-7)13(12)17-18/h4-8,12,16,18H,1-3H2/b17-13-. The van der Waals surface area contributed by atoms with Gasteiger partial charge in [-0.1, -0.05) is 28.4 Å². The first-order chi connectivity index (χ1) is 8.67. The molecule has 2 bridgehead atoms. The zero-order valence-corrected chi connectivity index (χ0v) is 11.2. The van der Waals surface area contributed by atoms with Gasteiger partial charge in [0.1, 0.15) is 0 Å². The lowest BCUT2D eigenvalue weighted by Gasteiger charge is -2.25. The van der Waals surface area contributed by atoms with Gasteiger partial charge in [-0.3, -0.25) is 0 Å². The Morgan fingerprint density at radius 2 is 1.89 bits per heavy atom. The number of rotatable bonds is 2. The van der Waals surface area contributed by atoms with E-state index in [9.17, 15) is 0 Å². The lowest BCUT2D eigenvalue weighted by atomic mass is 9.93. The second-order valence-corrected chi connectivity index (χ2v) is 5.95. The van der Waals surface area contributed by atoms with Crippen LogP contribution in [0.2, 0.25) is 10.0 Å². The summed E-state index contributed by atoms with van der Waals surface area (Å²) in [5.74, 6) is 0.991. The normalized spacial score (nSPS) is 32.1. The van der Waals surface area contributed by atoms with Gasteiger partial charge in [-0.2, -0.15) is 0 Å². The van der Waals surface area contributed by atoms with Gasteiger partial charge in [0.25, 0.3) is 0 Å². The molecule has 0 saturated heterocycles. The number of anilines is 1. The quantitative estimate of drug-likeness (QED) is 0.636. The van der Waals surface area contributed by atoms with Gasteiger partial charge in [-0.15, -0.1) is 0 Å². The van der Waals surface area contributed by atoms with E-state index in [2.05, 4.69) is 10.5 Å². The van der Waals surface area contributed by atoms with Crippen LogP contribution in [-0.2, 0) is 0 Å². The first kappa shape index (κ1) is 12.1. The highest BCUT2D eigenvalue weighted by molar-refractivity contribution is 6.35. The topological polar surface area (TPSA) is 44.6 Å². The smallest absolute Gasteiger partial charge is 0.0826 e. The summed E-state index contributed by atoms with van der Waals surface area (Å²) in [6, 6.07) is 5.50. The van der Waals surface area contributed by atoms with Crippen molar-refractivity contribution in [3.05, 3.63) is 28.2 Å². The lowest BCUT2D eigenvalue weighted by Crippen LogP contribution is -2.35. The van der Waals surface area contributed by atoms with Crippen LogP contribution in [0.5, 0.6) is 0 Å². The molecule has 3 nitrogen and oxygen atoms in total. The van der Waals surface area contributed by atoms with Gasteiger partial charge >= 0.3 is 0 Å². The monoisotopic (exact) mass is 284 g/mol. The molecule has 5 heteroatoms. The molecule has 1 aromatic rings. The Labute approximate surface area is 116 Å². The maximum absolute atomic E-state index is 9.14. The highest BCUT2D eigenvalue weighted by atomic mass is 35.5. The second-order valence-electron chi connectivity index (χ2n) is 5.08. The van der Waals surface area contributed by atoms with E-state index in [0.717, 1.165) is 24.2 Å². The molecule has 0 aromatic heterocycles. The van der Waals surface area contributed by atoms with Crippen LogP contribution in [0.1, 0.15) is 19.3 Å². The van der Waals surface area contributed by atoms with Crippen molar-refractivity contribution in [1.82, 2.24) is 0 Å². The van der Waals surface area contributed by atoms with Crippen molar-refractivity contribution in [3.63, 3.8) is 0 Å². The van der Waals surface area contributed by atoms with E-state index in [1.165, 1.54) is 6.42 Å². The van der Waals surface area contributed by atoms with Gasteiger partial charge in [0.05, 0.1) is 11.8 Å². The Hall–Kier alpha value is -0.930. The maximum Gasteiger partial charge on any atom is 0.0826 e. The third kappa shape index (κ3) is 2.06. The van der Waals surface area contributed by atoms with Crippen LogP contribution >= 0.6 is 23.2 Å². The van der Waals surface area contributed by atoms with Crippen LogP contribution in [0.4, 0.5) is 5.69 Å². The predicted octanol–water partition coefficient (Wildman–Crippen LogP) is 4.03. The van der Waals surface area contributed by atoms with Crippen LogP contribution in [0.3, 0.4) is 0 Å². The molecule has 0 amide bonds. The predicted molar refractivity (Wildman–Crippen MR) is 73.9 cm³/mol. The minimum absolute atomic E-state index is 0.114. The summed E-state index contributed by atoms with van der Waals surface area (Å²) < 4.78 is 0. The number of nitrogens with zero attached hydrogens (tertiary/aromatic N) is 1. The molecule has 2 saturated carbocycles. The molecule has 0 radical (unpaired) electrons. The Morgan fingerprint density at radius 3 is 2.56 bits per heavy atom. The van der Waals surface area contributed by atoms with Gasteiger partial charge in [-0.05, 0) is 43.4 Å². The van der Waals surface area contributed by atoms with E-state index in [1.807, 2.05) is 12.1 Å². The molecule has 2 aliphatic carbocycles. The summed E-state index contributed by atoms with van der Waals surface area (Å²) in [6.07, 6.45) is 3.44. The number of benzene rings is 1. The van der Waals surface area contributed by atoms with Gasteiger partial charge < -0.3 is 10.5 Å². The minimum Gasteiger partial charge on any atom is -0.411 e. The fraction of sp³-hybridized carbons (Fsp3) is 0.462. The molecule has 2 fully saturated rings. The second kappa shape index (κ2) is 4.63. The minimum atomic E-state index is 0.114. The van der Waals surface area contributed by atoms with Crippen molar-refractivity contribution < 1.29 is 5.21 Å². The van der Waals surface area contributed by atoms with Crippen LogP contribution in [0.25, 0.3) is 0 Å². The maximum atomic E-state index is 9.14. The number of nitrogens with one attached hydrogen (secondary N) is 1. The molecule has 3 atom stereocenters. The molecule has 3 rings (SSSR count). The number of hydrogen-bond donors (Lipinski definition) is 2. The first-order valence-corrected chi connectivity index (χ1v) is 6.87. The van der Waals surface area contributed by atoms with Crippen molar-refractivity contribution in [3.8, 4) is 0 Å². The van der Waals surface area contributed by atoms with Gasteiger partial charge in [0.2, 0.25) is 0 Å². The summed E-state index contributed by atoms with van der Waals surface area (Å²) >= 11 is 12.0. The van der Waals surface area contributed by atoms with Crippen molar-refractivity contribution in [1.29, 1.82) is 0 Å². The van der Waals surface area contributed by atoms with E-state index in [0.29, 0.717) is 21.9 Å². The third-order valence-electron chi connectivity index (χ3n) is 3.98. The van der Waals surface area contributed by atoms with Crippen LogP contribution in [0, 0.1) is 11.8 Å². The number of hydrogen-bond acceptors (Lipinski definition) is 3. The van der Waals surface area contributed by atoms with Crippen molar-refractivity contribution >= 4 is 34.6 Å². The fourth-order valence-electron chi connectivity index (χ4n) is 3.24. The SMILES string of the molecule is O/N=C1/C2CCC(C2)C1Nc1cc(Cl)cc(Cl)c1. The summed E-state index contributed by atoms with van der Waals surface area (Å²) in [6.45, 7) is 0. The molecule has 1 aromatic carbocycles. The lowest BCUT2D eigenvalue weighted by molar-refractivity contribution is 0.312. The summed E-state index contributed by atoms with van der Waals surface area (Å²) in [5, 5.41) is 17.2. The Balaban J connectivity index is 1.84. The van der Waals surface area contributed by atoms with Crippen LogP contribution < -0.4 is 5.32 Å². The number of oxime groups is 1. The third-order valence-corrected chi connectivity index (χ3v) is 4.42. The molecule has 18 heavy (non-hydrogen) atoms. The van der Waals surface area contributed by atoms with Crippen LogP contribution in [-0.4, -0.2) is 17.0 Å². The largest absolute Gasteiger partial charge is 0.411 e. The molecule has 0 spiro atoms. The highest BCUT2D eigenvalue weighted by Gasteiger charge is 2.45. The summed E-state index contributed by atoms with van der Waals surface area (Å²) in [7, 11) is 0. The van der Waals surface area contributed by atoms with E-state index in [-0.39, 0.29) is 6.04 Å². The number of halogens is 2. The molecule has 3 unspecified atom stereocenters. The van der Waals surface area contributed by atoms with Gasteiger partial charge in [-0.25, -0.2) is 0 Å². The van der Waals surface area contributed by atoms with Crippen molar-refractivity contribution in [2.45, 2.75) is 25.3 Å². The van der Waals surface area contributed by atoms with E-state index < -0.39 is 0 Å². The Morgan fingerprint density at radius 1 is 1.17 bits per heavy atom. The zero-order valence-electron chi connectivity index (χ0n) is 9.74. The average Bonchev–Trinajstić information content (AvgIpc) is 2.88. The highest BCUT2D eigenvalue weighted by Crippen LogP contribution is 2.44. The fourth-order valence-corrected chi connectivity index (χ4v) is 3.76. The molecular weight excluding hydrogens is 271 g/mol. The van der Waals surface area contributed by atoms with Gasteiger partial charge in [0.15, 0.2) is 0 Å². The molecule has 0 heterocycles. The average molecular weight is 285 g/mol. The molecule has 2 aliphatic rings. The van der Waals surface area contributed by atoms with Crippen molar-refractivity contribution in [2.24, 2.45) is 17.0 Å². The number of fused-ring (bicyclic) bond motifs is 2. The molecular formula is C13H14Cl2N2O. The molecule has 2 N–H and O–H groups in total. The summed E-state index contributed by atoms with van der Waals surface area (Å²) in [4.78, 5) is 0. The van der Waals surface area contributed by atoms with E-state index in [4.69, 9.17) is 28.4 Å². The van der Waals surface area contributed by atoms with Gasteiger partial charge in [0, 0.05) is 21.7 Å². The van der Waals surface area contributed by atoms with E-state index >= 15 is 0 Å². The zero-order chi connectivity index (χ0) is 12.7. The molecule has 96 valence electrons. The van der Waals surface area contributed by atoms with Crippen LogP contribution in [0.15, 0.2) is 23.4 Å². The summed E-state index contributed by atoms with van der Waals surface area (Å²) in [5.41, 5.74) is 1.76. The molecule has 0 aliphatic heterocycles.